The van der Waals surface area contributed by atoms with Gasteiger partial charge in [0, 0.05) is 18.2 Å². The standard InChI is InChI=1S/C15H21F2NO/c1-11-3-2-4-15(8-11,10-19)18-9-12-5-13(16)7-14(17)6-12/h5-7,11,18-19H,2-4,8-10H2,1H3. The van der Waals surface area contributed by atoms with Gasteiger partial charge >= 0.3 is 0 Å². The molecular formula is C15H21F2NO. The Balaban J connectivity index is 2.03. The van der Waals surface area contributed by atoms with Gasteiger partial charge in [-0.15, -0.1) is 0 Å². The van der Waals surface area contributed by atoms with Crippen LogP contribution in [0.1, 0.15) is 38.2 Å². The van der Waals surface area contributed by atoms with Crippen LogP contribution in [0, 0.1) is 17.6 Å². The summed E-state index contributed by atoms with van der Waals surface area (Å²) in [6.45, 7) is 2.62. The number of aliphatic hydroxyl groups is 1. The minimum atomic E-state index is -0.563. The molecule has 0 aromatic heterocycles. The summed E-state index contributed by atoms with van der Waals surface area (Å²) in [5, 5.41) is 12.9. The first kappa shape index (κ1) is 14.4. The smallest absolute Gasteiger partial charge is 0.126 e. The Hall–Kier alpha value is -1.00. The fraction of sp³-hybridized carbons (Fsp3) is 0.600. The first-order valence-electron chi connectivity index (χ1n) is 6.84. The predicted octanol–water partition coefficient (Wildman–Crippen LogP) is 3.00. The van der Waals surface area contributed by atoms with Crippen LogP contribution in [-0.2, 0) is 6.54 Å². The fourth-order valence-electron chi connectivity index (χ4n) is 3.02. The maximum Gasteiger partial charge on any atom is 0.126 e. The Morgan fingerprint density at radius 3 is 2.58 bits per heavy atom. The highest BCUT2D eigenvalue weighted by molar-refractivity contribution is 5.18. The lowest BCUT2D eigenvalue weighted by Crippen LogP contribution is -2.51. The monoisotopic (exact) mass is 269 g/mol. The molecular weight excluding hydrogens is 248 g/mol. The molecule has 1 saturated carbocycles. The van der Waals surface area contributed by atoms with Crippen molar-refractivity contribution in [2.75, 3.05) is 6.61 Å². The number of aliphatic hydroxyl groups excluding tert-OH is 1. The molecule has 0 spiro atoms. The van der Waals surface area contributed by atoms with E-state index in [0.29, 0.717) is 18.0 Å². The van der Waals surface area contributed by atoms with E-state index < -0.39 is 11.6 Å². The predicted molar refractivity (Wildman–Crippen MR) is 70.6 cm³/mol. The zero-order valence-electron chi connectivity index (χ0n) is 11.3. The fourth-order valence-corrected chi connectivity index (χ4v) is 3.02. The summed E-state index contributed by atoms with van der Waals surface area (Å²) in [6, 6.07) is 3.52. The number of hydrogen-bond donors (Lipinski definition) is 2. The average molecular weight is 269 g/mol. The van der Waals surface area contributed by atoms with E-state index in [1.165, 1.54) is 18.6 Å². The van der Waals surface area contributed by atoms with Gasteiger partial charge < -0.3 is 10.4 Å². The maximum atomic E-state index is 13.1. The van der Waals surface area contributed by atoms with Crippen LogP contribution in [-0.4, -0.2) is 17.3 Å². The third-order valence-corrected chi connectivity index (χ3v) is 3.98. The molecule has 0 amide bonds. The average Bonchev–Trinajstić information content (AvgIpc) is 2.35. The summed E-state index contributed by atoms with van der Waals surface area (Å²) in [7, 11) is 0. The molecule has 0 radical (unpaired) electrons. The minimum Gasteiger partial charge on any atom is -0.394 e. The quantitative estimate of drug-likeness (QED) is 0.880. The normalized spacial score (nSPS) is 27.5. The lowest BCUT2D eigenvalue weighted by Gasteiger charge is -2.39. The van der Waals surface area contributed by atoms with E-state index in [0.717, 1.165) is 25.3 Å². The SMILES string of the molecule is CC1CCCC(CO)(NCc2cc(F)cc(F)c2)C1. The summed E-state index contributed by atoms with van der Waals surface area (Å²) in [4.78, 5) is 0. The van der Waals surface area contributed by atoms with Crippen molar-refractivity contribution in [3.63, 3.8) is 0 Å². The van der Waals surface area contributed by atoms with E-state index in [-0.39, 0.29) is 12.1 Å². The Morgan fingerprint density at radius 1 is 1.32 bits per heavy atom. The van der Waals surface area contributed by atoms with E-state index in [1.807, 2.05) is 0 Å². The molecule has 106 valence electrons. The lowest BCUT2D eigenvalue weighted by molar-refractivity contribution is 0.0982. The van der Waals surface area contributed by atoms with Crippen molar-refractivity contribution in [2.24, 2.45) is 5.92 Å². The zero-order valence-corrected chi connectivity index (χ0v) is 11.3. The van der Waals surface area contributed by atoms with E-state index in [1.54, 1.807) is 0 Å². The van der Waals surface area contributed by atoms with Gasteiger partial charge in [0.1, 0.15) is 11.6 Å². The summed E-state index contributed by atoms with van der Waals surface area (Å²) < 4.78 is 26.2. The molecule has 1 aliphatic carbocycles. The van der Waals surface area contributed by atoms with Crippen molar-refractivity contribution in [3.05, 3.63) is 35.4 Å². The Morgan fingerprint density at radius 2 is 2.00 bits per heavy atom. The first-order valence-corrected chi connectivity index (χ1v) is 6.84. The van der Waals surface area contributed by atoms with E-state index >= 15 is 0 Å². The Kier molecular flexibility index (Phi) is 4.53. The molecule has 2 N–H and O–H groups in total. The first-order chi connectivity index (χ1) is 9.03. The number of benzene rings is 1. The number of hydrogen-bond acceptors (Lipinski definition) is 2. The van der Waals surface area contributed by atoms with Crippen LogP contribution in [0.4, 0.5) is 8.78 Å². The molecule has 2 atom stereocenters. The molecule has 2 nitrogen and oxygen atoms in total. The molecule has 0 aliphatic heterocycles. The summed E-state index contributed by atoms with van der Waals surface area (Å²) >= 11 is 0. The van der Waals surface area contributed by atoms with Gasteiger partial charge in [-0.1, -0.05) is 19.8 Å². The molecule has 0 bridgehead atoms. The molecule has 1 aromatic rings. The molecule has 1 aromatic carbocycles. The Labute approximate surface area is 112 Å². The summed E-state index contributed by atoms with van der Waals surface area (Å²) in [6.07, 6.45) is 4.07. The lowest BCUT2D eigenvalue weighted by atomic mass is 9.77. The van der Waals surface area contributed by atoms with Crippen LogP contribution < -0.4 is 5.32 Å². The third kappa shape index (κ3) is 3.74. The van der Waals surface area contributed by atoms with Crippen LogP contribution in [0.3, 0.4) is 0 Å². The molecule has 4 heteroatoms. The maximum absolute atomic E-state index is 13.1. The molecule has 0 heterocycles. The van der Waals surface area contributed by atoms with Crippen molar-refractivity contribution in [2.45, 2.75) is 44.7 Å². The van der Waals surface area contributed by atoms with Gasteiger partial charge in [0.25, 0.3) is 0 Å². The van der Waals surface area contributed by atoms with Crippen molar-refractivity contribution in [1.29, 1.82) is 0 Å². The highest BCUT2D eigenvalue weighted by atomic mass is 19.1. The van der Waals surface area contributed by atoms with Gasteiger partial charge in [0.2, 0.25) is 0 Å². The highest BCUT2D eigenvalue weighted by Crippen LogP contribution is 2.32. The zero-order chi connectivity index (χ0) is 13.9. The van der Waals surface area contributed by atoms with Crippen molar-refractivity contribution in [3.8, 4) is 0 Å². The van der Waals surface area contributed by atoms with Gasteiger partial charge in [-0.3, -0.25) is 0 Å². The van der Waals surface area contributed by atoms with Crippen LogP contribution in [0.5, 0.6) is 0 Å². The van der Waals surface area contributed by atoms with E-state index in [4.69, 9.17) is 0 Å². The second-order valence-electron chi connectivity index (χ2n) is 5.77. The van der Waals surface area contributed by atoms with Crippen molar-refractivity contribution in [1.82, 2.24) is 5.32 Å². The third-order valence-electron chi connectivity index (χ3n) is 3.98. The van der Waals surface area contributed by atoms with Crippen LogP contribution in [0.15, 0.2) is 18.2 Å². The molecule has 1 fully saturated rings. The van der Waals surface area contributed by atoms with Crippen LogP contribution in [0.2, 0.25) is 0 Å². The Bertz CT molecular complexity index is 418. The van der Waals surface area contributed by atoms with Gasteiger partial charge in [-0.25, -0.2) is 8.78 Å². The highest BCUT2D eigenvalue weighted by Gasteiger charge is 2.33. The second-order valence-corrected chi connectivity index (χ2v) is 5.77. The molecule has 2 rings (SSSR count). The molecule has 1 aliphatic rings. The van der Waals surface area contributed by atoms with Gasteiger partial charge in [-0.2, -0.15) is 0 Å². The number of halogens is 2. The summed E-state index contributed by atoms with van der Waals surface area (Å²) in [5.74, 6) is -0.559. The van der Waals surface area contributed by atoms with Gasteiger partial charge in [0.05, 0.1) is 6.61 Å². The van der Waals surface area contributed by atoms with Gasteiger partial charge in [0.15, 0.2) is 0 Å². The largest absolute Gasteiger partial charge is 0.394 e. The van der Waals surface area contributed by atoms with Gasteiger partial charge in [-0.05, 0) is 36.5 Å². The second kappa shape index (κ2) is 5.97. The topological polar surface area (TPSA) is 32.3 Å². The summed E-state index contributed by atoms with van der Waals surface area (Å²) in [5.41, 5.74) is 0.268. The van der Waals surface area contributed by atoms with Crippen molar-refractivity contribution >= 4 is 0 Å². The molecule has 19 heavy (non-hydrogen) atoms. The number of rotatable bonds is 4. The van der Waals surface area contributed by atoms with E-state index in [9.17, 15) is 13.9 Å². The van der Waals surface area contributed by atoms with E-state index in [2.05, 4.69) is 12.2 Å². The minimum absolute atomic E-state index is 0.0646. The van der Waals surface area contributed by atoms with Crippen molar-refractivity contribution < 1.29 is 13.9 Å². The molecule has 2 unspecified atom stereocenters. The van der Waals surface area contributed by atoms with Crippen LogP contribution >= 0.6 is 0 Å². The van der Waals surface area contributed by atoms with Crippen LogP contribution in [0.25, 0.3) is 0 Å². The molecule has 0 saturated heterocycles. The number of nitrogens with one attached hydrogen (secondary N) is 1.